The summed E-state index contributed by atoms with van der Waals surface area (Å²) in [5, 5.41) is 18.8. The third kappa shape index (κ3) is 5.61. The van der Waals surface area contributed by atoms with Gasteiger partial charge in [-0.2, -0.15) is 5.10 Å². The van der Waals surface area contributed by atoms with Crippen LogP contribution in [0.2, 0.25) is 0 Å². The van der Waals surface area contributed by atoms with Gasteiger partial charge in [-0.3, -0.25) is 15.1 Å². The van der Waals surface area contributed by atoms with Crippen molar-refractivity contribution >= 4 is 33.3 Å². The summed E-state index contributed by atoms with van der Waals surface area (Å²) in [7, 11) is 3.14. The fraction of sp³-hybridized carbons (Fsp3) is 0.375. The van der Waals surface area contributed by atoms with Crippen molar-refractivity contribution in [3.05, 3.63) is 62.4 Å². The zero-order valence-corrected chi connectivity index (χ0v) is 21.2. The Kier molecular flexibility index (Phi) is 7.34. The molecule has 1 aliphatic rings. The van der Waals surface area contributed by atoms with Crippen LogP contribution in [0.15, 0.2) is 41.0 Å². The Balaban J connectivity index is 1.35. The molecule has 0 amide bonds. The molecular formula is C24H26BrN5O5. The summed E-state index contributed by atoms with van der Waals surface area (Å²) in [6.45, 7) is 3.00. The van der Waals surface area contributed by atoms with Gasteiger partial charge in [0.25, 0.3) is 5.69 Å². The van der Waals surface area contributed by atoms with E-state index < -0.39 is 5.97 Å². The quantitative estimate of drug-likeness (QED) is 0.233. The number of rotatable bonds is 9. The van der Waals surface area contributed by atoms with Crippen molar-refractivity contribution in [2.75, 3.05) is 25.6 Å². The molecule has 0 bridgehead atoms. The highest BCUT2D eigenvalue weighted by Crippen LogP contribution is 2.37. The number of esters is 1. The average Bonchev–Trinajstić information content (AvgIpc) is 3.16. The van der Waals surface area contributed by atoms with E-state index in [-0.39, 0.29) is 10.6 Å². The van der Waals surface area contributed by atoms with Crippen LogP contribution in [0.4, 0.5) is 11.4 Å². The maximum atomic E-state index is 12.0. The van der Waals surface area contributed by atoms with Crippen LogP contribution in [0, 0.1) is 28.9 Å². The Labute approximate surface area is 210 Å². The maximum Gasteiger partial charge on any atom is 0.337 e. The van der Waals surface area contributed by atoms with Crippen molar-refractivity contribution in [3.8, 4) is 17.1 Å². The molecule has 3 aromatic rings. The minimum absolute atomic E-state index is 0.0660. The molecular weight excluding hydrogens is 518 g/mol. The summed E-state index contributed by atoms with van der Waals surface area (Å²) in [5.41, 5.74) is 3.00. The second-order valence-electron chi connectivity index (χ2n) is 8.67. The van der Waals surface area contributed by atoms with E-state index in [2.05, 4.69) is 31.3 Å². The number of nitro benzene ring substituents is 1. The largest absolute Gasteiger partial charge is 0.477 e. The Morgan fingerprint density at radius 3 is 2.77 bits per heavy atom. The molecule has 1 N–H and O–H groups in total. The van der Waals surface area contributed by atoms with Gasteiger partial charge in [0.05, 0.1) is 41.7 Å². The SMILES string of the molecule is COC(=O)c1cc(C)nc(-c2cnn(C)c2OCC2CC(CNc3cc(Br)ccc3[N+](=O)[O-])C2)c1. The first-order valence-electron chi connectivity index (χ1n) is 11.1. The molecule has 0 spiro atoms. The van der Waals surface area contributed by atoms with Crippen molar-refractivity contribution in [2.24, 2.45) is 18.9 Å². The standard InChI is InChI=1S/C24H26BrN5O5/c1-14-6-17(24(31)34-3)9-20(28-14)19-12-27-29(2)23(19)35-13-16-7-15(8-16)11-26-21-10-18(25)4-5-22(21)30(32)33/h4-6,9-10,12,15-16,26H,7-8,11,13H2,1-3H3. The van der Waals surface area contributed by atoms with Crippen molar-refractivity contribution in [1.82, 2.24) is 14.8 Å². The molecule has 4 rings (SSSR count). The number of hydrogen-bond acceptors (Lipinski definition) is 8. The molecule has 11 heteroatoms. The number of nitrogens with one attached hydrogen (secondary N) is 1. The van der Waals surface area contributed by atoms with Gasteiger partial charge in [0.15, 0.2) is 0 Å². The van der Waals surface area contributed by atoms with Gasteiger partial charge in [-0.05, 0) is 55.9 Å². The Bertz CT molecular complexity index is 1260. The Hall–Kier alpha value is -3.47. The second kappa shape index (κ2) is 10.4. The first kappa shape index (κ1) is 24.6. The lowest BCUT2D eigenvalue weighted by molar-refractivity contribution is -0.384. The minimum Gasteiger partial charge on any atom is -0.477 e. The van der Waals surface area contributed by atoms with Gasteiger partial charge in [-0.15, -0.1) is 0 Å². The van der Waals surface area contributed by atoms with Crippen molar-refractivity contribution in [3.63, 3.8) is 0 Å². The van der Waals surface area contributed by atoms with E-state index in [1.165, 1.54) is 13.2 Å². The lowest BCUT2D eigenvalue weighted by Gasteiger charge is -2.35. The zero-order chi connectivity index (χ0) is 25.1. The van der Waals surface area contributed by atoms with E-state index in [4.69, 9.17) is 9.47 Å². The molecule has 10 nitrogen and oxygen atoms in total. The molecule has 0 aliphatic heterocycles. The summed E-state index contributed by atoms with van der Waals surface area (Å²) < 4.78 is 13.4. The van der Waals surface area contributed by atoms with Crippen molar-refractivity contribution < 1.29 is 19.2 Å². The van der Waals surface area contributed by atoms with E-state index in [1.807, 2.05) is 6.92 Å². The molecule has 1 aromatic carbocycles. The zero-order valence-electron chi connectivity index (χ0n) is 19.7. The number of halogens is 1. The fourth-order valence-electron chi connectivity index (χ4n) is 4.25. The fourth-order valence-corrected chi connectivity index (χ4v) is 4.61. The van der Waals surface area contributed by atoms with Gasteiger partial charge in [0, 0.05) is 29.8 Å². The number of nitrogens with zero attached hydrogens (tertiary/aromatic N) is 4. The molecule has 0 radical (unpaired) electrons. The smallest absolute Gasteiger partial charge is 0.337 e. The number of ether oxygens (including phenoxy) is 2. The number of methoxy groups -OCH3 is 1. The molecule has 1 saturated carbocycles. The second-order valence-corrected chi connectivity index (χ2v) is 9.59. The number of anilines is 1. The summed E-state index contributed by atoms with van der Waals surface area (Å²) in [6.07, 6.45) is 3.59. The molecule has 2 aromatic heterocycles. The van der Waals surface area contributed by atoms with Crippen LogP contribution >= 0.6 is 15.9 Å². The molecule has 1 aliphatic carbocycles. The van der Waals surface area contributed by atoms with Gasteiger partial charge >= 0.3 is 5.97 Å². The molecule has 0 saturated heterocycles. The topological polar surface area (TPSA) is 121 Å². The first-order valence-corrected chi connectivity index (χ1v) is 11.9. The highest BCUT2D eigenvalue weighted by Gasteiger charge is 2.30. The van der Waals surface area contributed by atoms with Crippen LogP contribution in [-0.2, 0) is 11.8 Å². The predicted octanol–water partition coefficient (Wildman–Crippen LogP) is 4.76. The summed E-state index contributed by atoms with van der Waals surface area (Å²) in [5.74, 6) is 0.947. The molecule has 1 fully saturated rings. The van der Waals surface area contributed by atoms with Crippen LogP contribution in [0.25, 0.3) is 11.3 Å². The molecule has 184 valence electrons. The highest BCUT2D eigenvalue weighted by molar-refractivity contribution is 9.10. The van der Waals surface area contributed by atoms with Crippen LogP contribution in [-0.4, -0.2) is 45.9 Å². The van der Waals surface area contributed by atoms with E-state index in [0.717, 1.165) is 17.3 Å². The van der Waals surface area contributed by atoms with Crippen molar-refractivity contribution in [1.29, 1.82) is 0 Å². The summed E-state index contributed by atoms with van der Waals surface area (Å²) in [4.78, 5) is 27.4. The first-order chi connectivity index (χ1) is 16.7. The van der Waals surface area contributed by atoms with Crippen LogP contribution in [0.1, 0.15) is 28.9 Å². The van der Waals surface area contributed by atoms with E-state index in [1.54, 1.807) is 42.2 Å². The summed E-state index contributed by atoms with van der Waals surface area (Å²) in [6, 6.07) is 8.24. The highest BCUT2D eigenvalue weighted by atomic mass is 79.9. The third-order valence-electron chi connectivity index (χ3n) is 6.06. The number of aromatic nitrogens is 3. The predicted molar refractivity (Wildman–Crippen MR) is 134 cm³/mol. The number of benzene rings is 1. The summed E-state index contributed by atoms with van der Waals surface area (Å²) >= 11 is 3.37. The Morgan fingerprint density at radius 2 is 2.06 bits per heavy atom. The van der Waals surface area contributed by atoms with E-state index in [0.29, 0.717) is 59.1 Å². The minimum atomic E-state index is -0.426. The van der Waals surface area contributed by atoms with Gasteiger partial charge in [0.1, 0.15) is 5.69 Å². The number of carbonyl (C=O) groups excluding carboxylic acids is 1. The van der Waals surface area contributed by atoms with Crippen LogP contribution < -0.4 is 10.1 Å². The van der Waals surface area contributed by atoms with Crippen LogP contribution in [0.5, 0.6) is 5.88 Å². The molecule has 2 heterocycles. The van der Waals surface area contributed by atoms with Crippen molar-refractivity contribution in [2.45, 2.75) is 19.8 Å². The van der Waals surface area contributed by atoms with Gasteiger partial charge in [0.2, 0.25) is 5.88 Å². The molecule has 35 heavy (non-hydrogen) atoms. The number of pyridine rings is 1. The monoisotopic (exact) mass is 543 g/mol. The number of aryl methyl sites for hydroxylation is 2. The normalized spacial score (nSPS) is 16.9. The van der Waals surface area contributed by atoms with Gasteiger partial charge in [-0.1, -0.05) is 15.9 Å². The molecule has 0 unspecified atom stereocenters. The number of hydrogen-bond donors (Lipinski definition) is 1. The lowest BCUT2D eigenvalue weighted by atomic mass is 9.75. The van der Waals surface area contributed by atoms with E-state index >= 15 is 0 Å². The molecule has 0 atom stereocenters. The maximum absolute atomic E-state index is 12.0. The van der Waals surface area contributed by atoms with E-state index in [9.17, 15) is 14.9 Å². The average molecular weight is 544 g/mol. The van der Waals surface area contributed by atoms with Crippen LogP contribution in [0.3, 0.4) is 0 Å². The third-order valence-corrected chi connectivity index (χ3v) is 6.55. The van der Waals surface area contributed by atoms with Gasteiger partial charge in [-0.25, -0.2) is 9.48 Å². The lowest BCUT2D eigenvalue weighted by Crippen LogP contribution is -2.33. The Morgan fingerprint density at radius 1 is 1.29 bits per heavy atom. The van der Waals surface area contributed by atoms with Gasteiger partial charge < -0.3 is 14.8 Å². The number of carbonyl (C=O) groups is 1. The number of nitro groups is 1.